The van der Waals surface area contributed by atoms with Crippen molar-refractivity contribution in [3.8, 4) is 5.75 Å². The second-order valence-corrected chi connectivity index (χ2v) is 4.59. The topological polar surface area (TPSA) is 83.8 Å². The van der Waals surface area contributed by atoms with Crippen LogP contribution < -0.4 is 0 Å². The molecule has 0 radical (unpaired) electrons. The van der Waals surface area contributed by atoms with Crippen LogP contribution in [0.1, 0.15) is 12.0 Å². The van der Waals surface area contributed by atoms with Gasteiger partial charge < -0.3 is 14.9 Å². The van der Waals surface area contributed by atoms with Crippen molar-refractivity contribution < 1.29 is 24.5 Å². The maximum absolute atomic E-state index is 11.7. The molecule has 0 saturated heterocycles. The first-order valence-corrected chi connectivity index (χ1v) is 5.59. The van der Waals surface area contributed by atoms with E-state index in [2.05, 4.69) is 0 Å². The highest BCUT2D eigenvalue weighted by atomic mass is 16.5. The second-order valence-electron chi connectivity index (χ2n) is 4.59. The summed E-state index contributed by atoms with van der Waals surface area (Å²) in [5.74, 6) is -2.00. The molecule has 2 N–H and O–H groups in total. The van der Waals surface area contributed by atoms with Crippen LogP contribution in [-0.2, 0) is 20.7 Å². The average Bonchev–Trinajstić information content (AvgIpc) is 3.07. The standard InChI is InChI=1S/C13H14O5/c1-18-12(17)13(7-10(13)11(15)16)6-8-2-4-9(14)5-3-8/h2-5,10,14H,6-7H2,1H3,(H,15,16)/t10?,13-/m0/s1. The Morgan fingerprint density at radius 2 is 2.00 bits per heavy atom. The number of ether oxygens (including phenoxy) is 1. The molecule has 1 aromatic carbocycles. The number of esters is 1. The molecule has 1 aromatic rings. The minimum atomic E-state index is -0.973. The van der Waals surface area contributed by atoms with Crippen LogP contribution in [-0.4, -0.2) is 29.3 Å². The van der Waals surface area contributed by atoms with Crippen LogP contribution in [0.4, 0.5) is 0 Å². The Kier molecular flexibility index (Phi) is 2.98. The van der Waals surface area contributed by atoms with E-state index in [-0.39, 0.29) is 5.75 Å². The van der Waals surface area contributed by atoms with Gasteiger partial charge in [0.25, 0.3) is 0 Å². The van der Waals surface area contributed by atoms with Crippen molar-refractivity contribution in [2.24, 2.45) is 11.3 Å². The largest absolute Gasteiger partial charge is 0.508 e. The normalized spacial score (nSPS) is 25.5. The molecule has 0 aliphatic heterocycles. The van der Waals surface area contributed by atoms with Gasteiger partial charge in [0.15, 0.2) is 0 Å². The highest BCUT2D eigenvalue weighted by Gasteiger charge is 2.64. The van der Waals surface area contributed by atoms with E-state index in [0.29, 0.717) is 12.8 Å². The third-order valence-electron chi connectivity index (χ3n) is 3.42. The maximum atomic E-state index is 11.7. The summed E-state index contributed by atoms with van der Waals surface area (Å²) in [4.78, 5) is 22.7. The molecule has 2 atom stereocenters. The van der Waals surface area contributed by atoms with Crippen LogP contribution in [0.3, 0.4) is 0 Å². The first-order chi connectivity index (χ1) is 8.49. The Labute approximate surface area is 104 Å². The predicted molar refractivity (Wildman–Crippen MR) is 62.0 cm³/mol. The monoisotopic (exact) mass is 250 g/mol. The molecule has 1 aliphatic carbocycles. The zero-order valence-electron chi connectivity index (χ0n) is 9.92. The van der Waals surface area contributed by atoms with Gasteiger partial charge in [-0.05, 0) is 30.5 Å². The Bertz CT molecular complexity index is 479. The van der Waals surface area contributed by atoms with Gasteiger partial charge in [-0.25, -0.2) is 0 Å². The Hall–Kier alpha value is -2.04. The third-order valence-corrected chi connectivity index (χ3v) is 3.42. The number of phenols is 1. The minimum absolute atomic E-state index is 0.136. The zero-order chi connectivity index (χ0) is 13.3. The Balaban J connectivity index is 2.20. The molecule has 5 heteroatoms. The van der Waals surface area contributed by atoms with Crippen LogP contribution >= 0.6 is 0 Å². The number of hydrogen-bond donors (Lipinski definition) is 2. The number of hydrogen-bond acceptors (Lipinski definition) is 4. The van der Waals surface area contributed by atoms with E-state index >= 15 is 0 Å². The van der Waals surface area contributed by atoms with Crippen LogP contribution in [0.5, 0.6) is 5.75 Å². The molecule has 18 heavy (non-hydrogen) atoms. The molecular formula is C13H14O5. The number of aliphatic carboxylic acids is 1. The average molecular weight is 250 g/mol. The van der Waals surface area contributed by atoms with Gasteiger partial charge >= 0.3 is 11.9 Å². The molecule has 0 aromatic heterocycles. The molecule has 1 fully saturated rings. The summed E-state index contributed by atoms with van der Waals surface area (Å²) in [6.07, 6.45) is 0.618. The van der Waals surface area contributed by atoms with Crippen LogP contribution in [0.25, 0.3) is 0 Å². The van der Waals surface area contributed by atoms with Gasteiger partial charge in [0.1, 0.15) is 5.75 Å². The quantitative estimate of drug-likeness (QED) is 0.784. The van der Waals surface area contributed by atoms with Gasteiger partial charge in [-0.15, -0.1) is 0 Å². The fraction of sp³-hybridized carbons (Fsp3) is 0.385. The number of benzene rings is 1. The highest BCUT2D eigenvalue weighted by Crippen LogP contribution is 2.55. The van der Waals surface area contributed by atoms with E-state index in [9.17, 15) is 14.7 Å². The minimum Gasteiger partial charge on any atom is -0.508 e. The van der Waals surface area contributed by atoms with E-state index in [4.69, 9.17) is 9.84 Å². The lowest BCUT2D eigenvalue weighted by molar-refractivity contribution is -0.151. The number of phenolic OH excluding ortho intramolecular Hbond substituents is 1. The highest BCUT2D eigenvalue weighted by molar-refractivity contribution is 5.90. The summed E-state index contributed by atoms with van der Waals surface area (Å²) < 4.78 is 4.70. The molecule has 1 unspecified atom stereocenters. The third kappa shape index (κ3) is 2.03. The number of carboxylic acids is 1. The van der Waals surface area contributed by atoms with Crippen LogP contribution in [0.15, 0.2) is 24.3 Å². The fourth-order valence-corrected chi connectivity index (χ4v) is 2.30. The first-order valence-electron chi connectivity index (χ1n) is 5.59. The molecule has 0 bridgehead atoms. The van der Waals surface area contributed by atoms with E-state index in [1.54, 1.807) is 12.1 Å². The first kappa shape index (κ1) is 12.4. The second kappa shape index (κ2) is 4.33. The number of carbonyl (C=O) groups excluding carboxylic acids is 1. The summed E-state index contributed by atoms with van der Waals surface area (Å²) in [6, 6.07) is 6.38. The lowest BCUT2D eigenvalue weighted by Gasteiger charge is -2.13. The molecule has 0 amide bonds. The van der Waals surface area contributed by atoms with Crippen LogP contribution in [0.2, 0.25) is 0 Å². The van der Waals surface area contributed by atoms with Crippen molar-refractivity contribution in [3.05, 3.63) is 29.8 Å². The lowest BCUT2D eigenvalue weighted by atomic mass is 9.94. The van der Waals surface area contributed by atoms with E-state index in [0.717, 1.165) is 5.56 Å². The zero-order valence-corrected chi connectivity index (χ0v) is 9.92. The number of carbonyl (C=O) groups is 2. The van der Waals surface area contributed by atoms with Gasteiger partial charge in [-0.2, -0.15) is 0 Å². The summed E-state index contributed by atoms with van der Waals surface area (Å²) >= 11 is 0. The molecule has 1 aliphatic rings. The SMILES string of the molecule is COC(=O)[C@@]1(Cc2ccc(O)cc2)CC1C(=O)O. The number of methoxy groups -OCH3 is 1. The number of rotatable bonds is 4. The van der Waals surface area contributed by atoms with Crippen molar-refractivity contribution >= 4 is 11.9 Å². The van der Waals surface area contributed by atoms with Gasteiger partial charge in [-0.1, -0.05) is 12.1 Å². The van der Waals surface area contributed by atoms with Gasteiger partial charge in [0, 0.05) is 0 Å². The molecule has 0 heterocycles. The predicted octanol–water partition coefficient (Wildman–Crippen LogP) is 1.20. The van der Waals surface area contributed by atoms with Crippen molar-refractivity contribution in [2.45, 2.75) is 12.8 Å². The molecule has 2 rings (SSSR count). The molecule has 5 nitrogen and oxygen atoms in total. The number of aromatic hydroxyl groups is 1. The summed E-state index contributed by atoms with van der Waals surface area (Å²) in [6.45, 7) is 0. The summed E-state index contributed by atoms with van der Waals surface area (Å²) in [5.41, 5.74) is -0.140. The van der Waals surface area contributed by atoms with Crippen molar-refractivity contribution in [2.75, 3.05) is 7.11 Å². The fourth-order valence-electron chi connectivity index (χ4n) is 2.30. The van der Waals surface area contributed by atoms with Gasteiger partial charge in [0.05, 0.1) is 18.4 Å². The maximum Gasteiger partial charge on any atom is 0.313 e. The van der Waals surface area contributed by atoms with E-state index in [1.165, 1.54) is 19.2 Å². The Morgan fingerprint density at radius 1 is 1.39 bits per heavy atom. The molecule has 0 spiro atoms. The van der Waals surface area contributed by atoms with Crippen molar-refractivity contribution in [1.29, 1.82) is 0 Å². The molecule has 1 saturated carbocycles. The summed E-state index contributed by atoms with van der Waals surface area (Å²) in [5, 5.41) is 18.2. The smallest absolute Gasteiger partial charge is 0.313 e. The Morgan fingerprint density at radius 3 is 2.44 bits per heavy atom. The van der Waals surface area contributed by atoms with Gasteiger partial charge in [0.2, 0.25) is 0 Å². The van der Waals surface area contributed by atoms with E-state index < -0.39 is 23.3 Å². The molecule has 96 valence electrons. The van der Waals surface area contributed by atoms with Crippen molar-refractivity contribution in [3.63, 3.8) is 0 Å². The number of carboxylic acid groups (broad SMARTS) is 1. The van der Waals surface area contributed by atoms with Gasteiger partial charge in [-0.3, -0.25) is 9.59 Å². The van der Waals surface area contributed by atoms with Crippen molar-refractivity contribution in [1.82, 2.24) is 0 Å². The van der Waals surface area contributed by atoms with E-state index in [1.807, 2.05) is 0 Å². The lowest BCUT2D eigenvalue weighted by Crippen LogP contribution is -2.25. The summed E-state index contributed by atoms with van der Waals surface area (Å²) in [7, 11) is 1.26. The molecular weight excluding hydrogens is 236 g/mol. The van der Waals surface area contributed by atoms with Crippen LogP contribution in [0, 0.1) is 11.3 Å².